The minimum atomic E-state index is -3.70. The number of aliphatic carboxylic acids is 1. The van der Waals surface area contributed by atoms with Crippen LogP contribution in [0.1, 0.15) is 0 Å². The van der Waals surface area contributed by atoms with Crippen molar-refractivity contribution in [3.8, 4) is 0 Å². The van der Waals surface area contributed by atoms with Crippen LogP contribution in [0.3, 0.4) is 0 Å². The largest absolute Gasteiger partial charge is 0.500 e. The van der Waals surface area contributed by atoms with Crippen LogP contribution in [-0.2, 0) is 19.4 Å². The standard InChI is InChI=1S/C10H9FO5S/c11-8-3-6(10(12)13)4-9-7(8)5-16-1-2-17(9,14)15/h3-5,8H,1-2H2,(H,12,13). The van der Waals surface area contributed by atoms with Gasteiger partial charge >= 0.3 is 5.97 Å². The Morgan fingerprint density at radius 3 is 2.88 bits per heavy atom. The number of fused-ring (bicyclic) bond motifs is 1. The predicted octanol–water partition coefficient (Wildman–Crippen LogP) is 0.562. The van der Waals surface area contributed by atoms with Crippen LogP contribution in [0.4, 0.5) is 4.39 Å². The molecule has 0 bridgehead atoms. The van der Waals surface area contributed by atoms with E-state index in [2.05, 4.69) is 0 Å². The lowest BCUT2D eigenvalue weighted by Crippen LogP contribution is -2.19. The molecule has 1 atom stereocenters. The molecule has 5 nitrogen and oxygen atoms in total. The van der Waals surface area contributed by atoms with Crippen molar-refractivity contribution in [1.82, 2.24) is 0 Å². The molecule has 1 aliphatic carbocycles. The molecule has 2 rings (SSSR count). The van der Waals surface area contributed by atoms with E-state index in [0.717, 1.165) is 18.4 Å². The van der Waals surface area contributed by atoms with Crippen molar-refractivity contribution in [2.75, 3.05) is 12.4 Å². The van der Waals surface area contributed by atoms with E-state index in [1.54, 1.807) is 0 Å². The molecule has 7 heteroatoms. The highest BCUT2D eigenvalue weighted by molar-refractivity contribution is 7.95. The second kappa shape index (κ2) is 3.99. The van der Waals surface area contributed by atoms with Gasteiger partial charge < -0.3 is 9.84 Å². The van der Waals surface area contributed by atoms with E-state index in [1.165, 1.54) is 0 Å². The normalized spacial score (nSPS) is 26.6. The maximum atomic E-state index is 13.7. The van der Waals surface area contributed by atoms with Crippen LogP contribution in [0, 0.1) is 0 Å². The van der Waals surface area contributed by atoms with E-state index in [9.17, 15) is 17.6 Å². The first-order chi connectivity index (χ1) is 7.92. The van der Waals surface area contributed by atoms with Crippen molar-refractivity contribution >= 4 is 15.8 Å². The van der Waals surface area contributed by atoms with E-state index in [1.807, 2.05) is 0 Å². The fourth-order valence-electron chi connectivity index (χ4n) is 1.60. The lowest BCUT2D eigenvalue weighted by molar-refractivity contribution is -0.132. The lowest BCUT2D eigenvalue weighted by Gasteiger charge is -2.16. The van der Waals surface area contributed by atoms with E-state index in [4.69, 9.17) is 9.84 Å². The van der Waals surface area contributed by atoms with E-state index in [-0.39, 0.29) is 28.4 Å². The number of alkyl halides is 1. The van der Waals surface area contributed by atoms with Crippen molar-refractivity contribution in [3.05, 3.63) is 34.5 Å². The number of halogens is 1. The van der Waals surface area contributed by atoms with Crippen LogP contribution >= 0.6 is 0 Å². The first-order valence-corrected chi connectivity index (χ1v) is 6.43. The smallest absolute Gasteiger partial charge is 0.335 e. The molecule has 2 aliphatic rings. The topological polar surface area (TPSA) is 80.7 Å². The van der Waals surface area contributed by atoms with Gasteiger partial charge in [-0.25, -0.2) is 17.6 Å². The second-order valence-corrected chi connectivity index (χ2v) is 5.68. The molecule has 0 aromatic heterocycles. The van der Waals surface area contributed by atoms with Gasteiger partial charge in [0.25, 0.3) is 0 Å². The second-order valence-electron chi connectivity index (χ2n) is 3.60. The van der Waals surface area contributed by atoms with Gasteiger partial charge in [-0.3, -0.25) is 0 Å². The zero-order valence-corrected chi connectivity index (χ0v) is 9.41. The van der Waals surface area contributed by atoms with E-state index in [0.29, 0.717) is 0 Å². The van der Waals surface area contributed by atoms with Gasteiger partial charge in [-0.1, -0.05) is 0 Å². The zero-order chi connectivity index (χ0) is 12.6. The monoisotopic (exact) mass is 260 g/mol. The van der Waals surface area contributed by atoms with Crippen LogP contribution in [0.2, 0.25) is 0 Å². The highest BCUT2D eigenvalue weighted by Gasteiger charge is 2.33. The number of carboxylic acids is 1. The third-order valence-corrected chi connectivity index (χ3v) is 4.18. The highest BCUT2D eigenvalue weighted by Crippen LogP contribution is 2.31. The summed E-state index contributed by atoms with van der Waals surface area (Å²) in [5, 5.41) is 8.76. The molecule has 1 aliphatic heterocycles. The summed E-state index contributed by atoms with van der Waals surface area (Å²) in [7, 11) is -3.70. The van der Waals surface area contributed by atoms with Gasteiger partial charge in [0.1, 0.15) is 12.8 Å². The number of ether oxygens (including phenoxy) is 1. The zero-order valence-electron chi connectivity index (χ0n) is 8.59. The fraction of sp³-hybridized carbons (Fsp3) is 0.300. The van der Waals surface area contributed by atoms with Crippen molar-refractivity contribution in [2.45, 2.75) is 6.17 Å². The average Bonchev–Trinajstić information content (AvgIpc) is 2.38. The quantitative estimate of drug-likeness (QED) is 0.745. The molecule has 1 heterocycles. The summed E-state index contributed by atoms with van der Waals surface area (Å²) >= 11 is 0. The summed E-state index contributed by atoms with van der Waals surface area (Å²) in [6, 6.07) is 0. The summed E-state index contributed by atoms with van der Waals surface area (Å²) in [6.07, 6.45) is 1.07. The maximum Gasteiger partial charge on any atom is 0.335 e. The van der Waals surface area contributed by atoms with Gasteiger partial charge in [0, 0.05) is 5.57 Å². The van der Waals surface area contributed by atoms with Crippen LogP contribution in [0.25, 0.3) is 0 Å². The summed E-state index contributed by atoms with van der Waals surface area (Å²) in [6.45, 7) is -0.0711. The summed E-state index contributed by atoms with van der Waals surface area (Å²) in [5.74, 6) is -1.65. The van der Waals surface area contributed by atoms with Gasteiger partial charge in [-0.15, -0.1) is 0 Å². The molecular formula is C10H9FO5S. The Hall–Kier alpha value is -1.63. The third-order valence-electron chi connectivity index (χ3n) is 2.46. The number of hydrogen-bond donors (Lipinski definition) is 1. The molecule has 0 radical (unpaired) electrons. The van der Waals surface area contributed by atoms with E-state index >= 15 is 0 Å². The predicted molar refractivity (Wildman–Crippen MR) is 56.5 cm³/mol. The average molecular weight is 260 g/mol. The molecular weight excluding hydrogens is 251 g/mol. The molecule has 1 N–H and O–H groups in total. The SMILES string of the molecule is O=C(O)C1=CC(F)C2=COCCS(=O)(=O)C2=C1. The summed E-state index contributed by atoms with van der Waals surface area (Å²) in [4.78, 5) is 10.4. The van der Waals surface area contributed by atoms with Crippen molar-refractivity contribution in [1.29, 1.82) is 0 Å². The maximum absolute atomic E-state index is 13.7. The molecule has 0 spiro atoms. The Bertz CT molecular complexity index is 555. The van der Waals surface area contributed by atoms with Crippen LogP contribution < -0.4 is 0 Å². The number of carbonyl (C=O) groups is 1. The van der Waals surface area contributed by atoms with Gasteiger partial charge in [0.15, 0.2) is 9.84 Å². The highest BCUT2D eigenvalue weighted by atomic mass is 32.2. The molecule has 17 heavy (non-hydrogen) atoms. The minimum Gasteiger partial charge on any atom is -0.500 e. The molecule has 0 aromatic carbocycles. The first kappa shape index (κ1) is 11.8. The number of hydrogen-bond acceptors (Lipinski definition) is 4. The Balaban J connectivity index is 2.59. The van der Waals surface area contributed by atoms with Crippen LogP contribution in [-0.4, -0.2) is 38.0 Å². The Labute approximate surface area is 96.8 Å². The molecule has 0 saturated carbocycles. The van der Waals surface area contributed by atoms with Crippen molar-refractivity contribution < 1.29 is 27.4 Å². The number of allylic oxidation sites excluding steroid dienone is 2. The van der Waals surface area contributed by atoms with Crippen LogP contribution in [0.5, 0.6) is 0 Å². The van der Waals surface area contributed by atoms with Crippen molar-refractivity contribution in [2.24, 2.45) is 0 Å². The molecule has 0 aromatic rings. The van der Waals surface area contributed by atoms with Crippen molar-refractivity contribution in [3.63, 3.8) is 0 Å². The number of sulfone groups is 1. The molecule has 0 amide bonds. The van der Waals surface area contributed by atoms with Gasteiger partial charge in [-0.05, 0) is 12.2 Å². The summed E-state index contributed by atoms with van der Waals surface area (Å²) < 4.78 is 42.1. The first-order valence-electron chi connectivity index (χ1n) is 4.77. The van der Waals surface area contributed by atoms with E-state index < -0.39 is 22.0 Å². The Kier molecular flexibility index (Phi) is 2.78. The fourth-order valence-corrected chi connectivity index (χ4v) is 2.96. The number of rotatable bonds is 1. The van der Waals surface area contributed by atoms with Gasteiger partial charge in [-0.2, -0.15) is 0 Å². The Morgan fingerprint density at radius 2 is 2.24 bits per heavy atom. The number of carboxylic acid groups (broad SMARTS) is 1. The third kappa shape index (κ3) is 2.10. The van der Waals surface area contributed by atoms with Crippen LogP contribution in [0.15, 0.2) is 34.5 Å². The Morgan fingerprint density at radius 1 is 1.53 bits per heavy atom. The molecule has 1 unspecified atom stereocenters. The minimum absolute atomic E-state index is 0.0711. The lowest BCUT2D eigenvalue weighted by atomic mass is 10.0. The van der Waals surface area contributed by atoms with Gasteiger partial charge in [0.2, 0.25) is 0 Å². The molecule has 92 valence electrons. The van der Waals surface area contributed by atoms with Gasteiger partial charge in [0.05, 0.1) is 22.5 Å². The summed E-state index contributed by atoms with van der Waals surface area (Å²) in [5.41, 5.74) is -0.511. The molecule has 0 saturated heterocycles. The molecule has 0 fully saturated rings.